The summed E-state index contributed by atoms with van der Waals surface area (Å²) in [4.78, 5) is 11.9. The van der Waals surface area contributed by atoms with Gasteiger partial charge >= 0.3 is 0 Å². The Morgan fingerprint density at radius 3 is 2.79 bits per heavy atom. The molecule has 0 saturated carbocycles. The standard InChI is InChI=1S/C14H25N3O2/c1-5-7-11(3)16-14(18)12(4)19-13-9-15-17(10-13)8-6-2/h9-12H,5-8H2,1-4H3,(H,16,18). The molecule has 0 spiro atoms. The fourth-order valence-electron chi connectivity index (χ4n) is 1.88. The molecule has 0 aliphatic heterocycles. The van der Waals surface area contributed by atoms with Crippen LogP contribution in [0.1, 0.15) is 47.0 Å². The molecule has 19 heavy (non-hydrogen) atoms. The van der Waals surface area contributed by atoms with Crippen LogP contribution in [0.5, 0.6) is 5.75 Å². The summed E-state index contributed by atoms with van der Waals surface area (Å²) in [5, 5.41) is 7.11. The van der Waals surface area contributed by atoms with Gasteiger partial charge in [0.25, 0.3) is 5.91 Å². The van der Waals surface area contributed by atoms with E-state index in [1.807, 2.05) is 17.8 Å². The molecule has 0 radical (unpaired) electrons. The van der Waals surface area contributed by atoms with E-state index in [9.17, 15) is 4.79 Å². The molecule has 2 atom stereocenters. The van der Waals surface area contributed by atoms with Gasteiger partial charge < -0.3 is 10.1 Å². The van der Waals surface area contributed by atoms with Crippen molar-refractivity contribution in [1.82, 2.24) is 15.1 Å². The van der Waals surface area contributed by atoms with Crippen LogP contribution in [0.15, 0.2) is 12.4 Å². The molecule has 0 aliphatic carbocycles. The zero-order valence-corrected chi connectivity index (χ0v) is 12.3. The molecular formula is C14H25N3O2. The van der Waals surface area contributed by atoms with Crippen LogP contribution in [0.3, 0.4) is 0 Å². The number of hydrogen-bond acceptors (Lipinski definition) is 3. The Balaban J connectivity index is 2.44. The van der Waals surface area contributed by atoms with E-state index < -0.39 is 6.10 Å². The van der Waals surface area contributed by atoms with Crippen LogP contribution in [0.4, 0.5) is 0 Å². The largest absolute Gasteiger partial charge is 0.478 e. The first kappa shape index (κ1) is 15.5. The van der Waals surface area contributed by atoms with Gasteiger partial charge in [-0.3, -0.25) is 9.48 Å². The van der Waals surface area contributed by atoms with Gasteiger partial charge in [0.05, 0.1) is 12.4 Å². The van der Waals surface area contributed by atoms with Gasteiger partial charge in [-0.1, -0.05) is 20.3 Å². The number of hydrogen-bond donors (Lipinski definition) is 1. The van der Waals surface area contributed by atoms with Crippen molar-refractivity contribution >= 4 is 5.91 Å². The van der Waals surface area contributed by atoms with Gasteiger partial charge in [0, 0.05) is 12.6 Å². The van der Waals surface area contributed by atoms with Crippen LogP contribution in [0.2, 0.25) is 0 Å². The molecular weight excluding hydrogens is 242 g/mol. The number of ether oxygens (including phenoxy) is 1. The van der Waals surface area contributed by atoms with E-state index in [0.717, 1.165) is 25.8 Å². The van der Waals surface area contributed by atoms with E-state index >= 15 is 0 Å². The predicted molar refractivity (Wildman–Crippen MR) is 75.1 cm³/mol. The van der Waals surface area contributed by atoms with E-state index in [2.05, 4.69) is 24.3 Å². The summed E-state index contributed by atoms with van der Waals surface area (Å²) < 4.78 is 7.41. The van der Waals surface area contributed by atoms with E-state index in [4.69, 9.17) is 4.74 Å². The second-order valence-corrected chi connectivity index (χ2v) is 4.90. The van der Waals surface area contributed by atoms with Crippen molar-refractivity contribution in [2.75, 3.05) is 0 Å². The molecule has 5 nitrogen and oxygen atoms in total. The molecule has 1 amide bonds. The van der Waals surface area contributed by atoms with Crippen LogP contribution in [0, 0.1) is 0 Å². The predicted octanol–water partition coefficient (Wildman–Crippen LogP) is 2.37. The third kappa shape index (κ3) is 5.32. The van der Waals surface area contributed by atoms with Crippen molar-refractivity contribution < 1.29 is 9.53 Å². The van der Waals surface area contributed by atoms with Crippen LogP contribution in [-0.2, 0) is 11.3 Å². The Hall–Kier alpha value is -1.52. The Morgan fingerprint density at radius 2 is 2.16 bits per heavy atom. The highest BCUT2D eigenvalue weighted by Gasteiger charge is 2.17. The lowest BCUT2D eigenvalue weighted by atomic mass is 10.2. The maximum Gasteiger partial charge on any atom is 0.260 e. The first-order valence-electron chi connectivity index (χ1n) is 7.06. The second-order valence-electron chi connectivity index (χ2n) is 4.90. The molecule has 1 aromatic rings. The molecule has 1 heterocycles. The van der Waals surface area contributed by atoms with E-state index in [1.165, 1.54) is 0 Å². The molecule has 0 aliphatic rings. The van der Waals surface area contributed by atoms with Crippen molar-refractivity contribution in [3.8, 4) is 5.75 Å². The van der Waals surface area contributed by atoms with Crippen molar-refractivity contribution in [2.45, 2.75) is 65.6 Å². The molecule has 1 aromatic heterocycles. The second kappa shape index (κ2) is 7.81. The fourth-order valence-corrected chi connectivity index (χ4v) is 1.88. The molecule has 0 saturated heterocycles. The Labute approximate surface area is 115 Å². The van der Waals surface area contributed by atoms with Gasteiger partial charge in [-0.2, -0.15) is 5.10 Å². The summed E-state index contributed by atoms with van der Waals surface area (Å²) in [6.45, 7) is 8.81. The Kier molecular flexibility index (Phi) is 6.39. The average molecular weight is 267 g/mol. The van der Waals surface area contributed by atoms with Crippen molar-refractivity contribution in [3.05, 3.63) is 12.4 Å². The SMILES string of the molecule is CCCC(C)NC(=O)C(C)Oc1cnn(CCC)c1. The number of carbonyl (C=O) groups is 1. The van der Waals surface area contributed by atoms with Crippen LogP contribution < -0.4 is 10.1 Å². The van der Waals surface area contributed by atoms with E-state index in [1.54, 1.807) is 13.1 Å². The van der Waals surface area contributed by atoms with Crippen LogP contribution >= 0.6 is 0 Å². The summed E-state index contributed by atoms with van der Waals surface area (Å²) in [5.41, 5.74) is 0. The van der Waals surface area contributed by atoms with Gasteiger partial charge in [-0.05, 0) is 26.7 Å². The summed E-state index contributed by atoms with van der Waals surface area (Å²) in [7, 11) is 0. The summed E-state index contributed by atoms with van der Waals surface area (Å²) in [6, 6.07) is 0.186. The van der Waals surface area contributed by atoms with Gasteiger partial charge in [-0.25, -0.2) is 0 Å². The monoisotopic (exact) mass is 267 g/mol. The summed E-state index contributed by atoms with van der Waals surface area (Å²) >= 11 is 0. The third-order valence-electron chi connectivity index (χ3n) is 2.85. The van der Waals surface area contributed by atoms with Gasteiger partial charge in [0.1, 0.15) is 0 Å². The normalized spacial score (nSPS) is 13.9. The first-order valence-corrected chi connectivity index (χ1v) is 7.06. The number of amides is 1. The number of carbonyl (C=O) groups excluding carboxylic acids is 1. The van der Waals surface area contributed by atoms with Crippen molar-refractivity contribution in [1.29, 1.82) is 0 Å². The van der Waals surface area contributed by atoms with Crippen LogP contribution in [0.25, 0.3) is 0 Å². The molecule has 0 bridgehead atoms. The zero-order valence-electron chi connectivity index (χ0n) is 12.3. The molecule has 1 rings (SSSR count). The highest BCUT2D eigenvalue weighted by atomic mass is 16.5. The minimum atomic E-state index is -0.501. The number of nitrogens with one attached hydrogen (secondary N) is 1. The first-order chi connectivity index (χ1) is 9.06. The van der Waals surface area contributed by atoms with Crippen LogP contribution in [-0.4, -0.2) is 27.8 Å². The number of aryl methyl sites for hydroxylation is 1. The molecule has 5 heteroatoms. The zero-order chi connectivity index (χ0) is 14.3. The molecule has 0 aromatic carbocycles. The van der Waals surface area contributed by atoms with E-state index in [0.29, 0.717) is 5.75 Å². The molecule has 108 valence electrons. The van der Waals surface area contributed by atoms with Gasteiger partial charge in [0.15, 0.2) is 11.9 Å². The molecule has 2 unspecified atom stereocenters. The molecule has 0 fully saturated rings. The Bertz CT molecular complexity index is 390. The minimum Gasteiger partial charge on any atom is -0.478 e. The Morgan fingerprint density at radius 1 is 1.42 bits per heavy atom. The third-order valence-corrected chi connectivity index (χ3v) is 2.85. The minimum absolute atomic E-state index is 0.0795. The highest BCUT2D eigenvalue weighted by Crippen LogP contribution is 2.11. The number of rotatable bonds is 8. The lowest BCUT2D eigenvalue weighted by Crippen LogP contribution is -2.41. The maximum atomic E-state index is 11.9. The van der Waals surface area contributed by atoms with Gasteiger partial charge in [-0.15, -0.1) is 0 Å². The van der Waals surface area contributed by atoms with Gasteiger partial charge in [0.2, 0.25) is 0 Å². The smallest absolute Gasteiger partial charge is 0.260 e. The number of nitrogens with zero attached hydrogens (tertiary/aromatic N) is 2. The quantitative estimate of drug-likeness (QED) is 0.786. The lowest BCUT2D eigenvalue weighted by molar-refractivity contribution is -0.127. The van der Waals surface area contributed by atoms with E-state index in [-0.39, 0.29) is 11.9 Å². The number of aromatic nitrogens is 2. The topological polar surface area (TPSA) is 56.1 Å². The average Bonchev–Trinajstić information content (AvgIpc) is 2.77. The lowest BCUT2D eigenvalue weighted by Gasteiger charge is -2.17. The highest BCUT2D eigenvalue weighted by molar-refractivity contribution is 5.80. The molecule has 1 N–H and O–H groups in total. The summed E-state index contributed by atoms with van der Waals surface area (Å²) in [5.74, 6) is 0.559. The van der Waals surface area contributed by atoms with Crippen molar-refractivity contribution in [3.63, 3.8) is 0 Å². The summed E-state index contributed by atoms with van der Waals surface area (Å²) in [6.07, 6.45) is 6.02. The maximum absolute atomic E-state index is 11.9. The fraction of sp³-hybridized carbons (Fsp3) is 0.714. The van der Waals surface area contributed by atoms with Crippen molar-refractivity contribution in [2.24, 2.45) is 0 Å².